The Bertz CT molecular complexity index is 442. The molecule has 2 rings (SSSR count). The summed E-state index contributed by atoms with van der Waals surface area (Å²) in [4.78, 5) is 4.58. The fourth-order valence-electron chi connectivity index (χ4n) is 2.50. The van der Waals surface area contributed by atoms with Gasteiger partial charge in [-0.05, 0) is 38.7 Å². The van der Waals surface area contributed by atoms with Crippen LogP contribution in [0.15, 0.2) is 12.1 Å². The van der Waals surface area contributed by atoms with Crippen LogP contribution in [0.2, 0.25) is 5.02 Å². The minimum Gasteiger partial charge on any atom is -0.383 e. The van der Waals surface area contributed by atoms with Crippen LogP contribution in [0.4, 0.5) is 11.4 Å². The number of hydrogen-bond acceptors (Lipinski definition) is 4. The van der Waals surface area contributed by atoms with E-state index in [9.17, 15) is 0 Å². The fourth-order valence-corrected chi connectivity index (χ4v) is 2.71. The second-order valence-corrected chi connectivity index (χ2v) is 6.00. The number of halogens is 1. The number of nitrogens with one attached hydrogen (secondary N) is 2. The topological polar surface area (TPSA) is 30.5 Å². The van der Waals surface area contributed by atoms with Gasteiger partial charge < -0.3 is 20.4 Å². The first-order valence-electron chi connectivity index (χ1n) is 7.22. The van der Waals surface area contributed by atoms with E-state index in [0.29, 0.717) is 0 Å². The van der Waals surface area contributed by atoms with E-state index in [-0.39, 0.29) is 0 Å². The van der Waals surface area contributed by atoms with Crippen molar-refractivity contribution in [2.24, 2.45) is 0 Å². The minimum atomic E-state index is 0.802. The lowest BCUT2D eigenvalue weighted by Gasteiger charge is -2.31. The van der Waals surface area contributed by atoms with Gasteiger partial charge in [0.25, 0.3) is 0 Å². The summed E-state index contributed by atoms with van der Waals surface area (Å²) in [6, 6.07) is 4.11. The third-order valence-corrected chi connectivity index (χ3v) is 3.90. The van der Waals surface area contributed by atoms with Gasteiger partial charge in [-0.3, -0.25) is 0 Å². The van der Waals surface area contributed by atoms with Crippen molar-refractivity contribution >= 4 is 23.0 Å². The van der Waals surface area contributed by atoms with Gasteiger partial charge in [-0.15, -0.1) is 0 Å². The Kier molecular flexibility index (Phi) is 5.52. The number of hydrogen-bond donors (Lipinski definition) is 2. The van der Waals surface area contributed by atoms with Gasteiger partial charge in [0.05, 0.1) is 0 Å². The van der Waals surface area contributed by atoms with Crippen LogP contribution < -0.4 is 15.5 Å². The Labute approximate surface area is 127 Å². The molecule has 1 aliphatic rings. The molecule has 0 atom stereocenters. The Morgan fingerprint density at radius 1 is 1.30 bits per heavy atom. The number of rotatable bonds is 5. The second kappa shape index (κ2) is 7.16. The van der Waals surface area contributed by atoms with Crippen molar-refractivity contribution < 1.29 is 0 Å². The van der Waals surface area contributed by atoms with Crippen LogP contribution in [0.1, 0.15) is 5.56 Å². The van der Waals surface area contributed by atoms with Gasteiger partial charge in [-0.25, -0.2) is 0 Å². The average molecular weight is 297 g/mol. The third-order valence-electron chi connectivity index (χ3n) is 3.68. The van der Waals surface area contributed by atoms with Crippen molar-refractivity contribution in [3.05, 3.63) is 22.7 Å². The molecule has 2 N–H and O–H groups in total. The van der Waals surface area contributed by atoms with Gasteiger partial charge in [0, 0.05) is 55.7 Å². The molecule has 1 aliphatic heterocycles. The lowest BCUT2D eigenvalue weighted by atomic mass is 10.1. The van der Waals surface area contributed by atoms with Crippen LogP contribution in [-0.4, -0.2) is 58.3 Å². The van der Waals surface area contributed by atoms with Crippen molar-refractivity contribution in [3.8, 4) is 0 Å². The number of likely N-dealkylation sites (N-methyl/N-ethyl adjacent to an activating group) is 1. The molecule has 20 heavy (non-hydrogen) atoms. The first-order valence-corrected chi connectivity index (χ1v) is 7.60. The molecule has 1 saturated heterocycles. The number of nitrogens with zero attached hydrogens (tertiary/aromatic N) is 2. The predicted molar refractivity (Wildman–Crippen MR) is 88.3 cm³/mol. The van der Waals surface area contributed by atoms with E-state index in [2.05, 4.69) is 47.5 Å². The number of anilines is 2. The van der Waals surface area contributed by atoms with Crippen molar-refractivity contribution in [1.29, 1.82) is 0 Å². The monoisotopic (exact) mass is 296 g/mol. The molecule has 5 heteroatoms. The molecule has 4 nitrogen and oxygen atoms in total. The van der Waals surface area contributed by atoms with Crippen molar-refractivity contribution in [2.45, 2.75) is 6.92 Å². The zero-order chi connectivity index (χ0) is 14.5. The molecular formula is C15H25ClN4. The molecule has 1 heterocycles. The first kappa shape index (κ1) is 15.4. The molecular weight excluding hydrogens is 272 g/mol. The van der Waals surface area contributed by atoms with Gasteiger partial charge in [-0.2, -0.15) is 0 Å². The first-order chi connectivity index (χ1) is 9.58. The zero-order valence-corrected chi connectivity index (χ0v) is 13.4. The highest BCUT2D eigenvalue weighted by molar-refractivity contribution is 6.31. The lowest BCUT2D eigenvalue weighted by molar-refractivity contribution is 0.425. The molecule has 0 aliphatic carbocycles. The van der Waals surface area contributed by atoms with Crippen molar-refractivity contribution in [3.63, 3.8) is 0 Å². The molecule has 0 radical (unpaired) electrons. The highest BCUT2D eigenvalue weighted by Gasteiger charge is 2.15. The molecule has 1 fully saturated rings. The minimum absolute atomic E-state index is 0.802. The maximum atomic E-state index is 6.29. The van der Waals surface area contributed by atoms with Crippen LogP contribution >= 0.6 is 11.6 Å². The van der Waals surface area contributed by atoms with E-state index < -0.39 is 0 Å². The van der Waals surface area contributed by atoms with E-state index in [4.69, 9.17) is 11.6 Å². The average Bonchev–Trinajstić information content (AvgIpc) is 2.43. The van der Waals surface area contributed by atoms with Crippen LogP contribution in [0, 0.1) is 6.92 Å². The number of piperazine rings is 1. The Hall–Kier alpha value is -0.970. The summed E-state index contributed by atoms with van der Waals surface area (Å²) < 4.78 is 0. The summed E-state index contributed by atoms with van der Waals surface area (Å²) in [5, 5.41) is 7.68. The van der Waals surface area contributed by atoms with Crippen LogP contribution in [-0.2, 0) is 0 Å². The van der Waals surface area contributed by atoms with Gasteiger partial charge in [0.2, 0.25) is 0 Å². The Morgan fingerprint density at radius 2 is 2.00 bits per heavy atom. The summed E-state index contributed by atoms with van der Waals surface area (Å²) in [6.45, 7) is 8.26. The summed E-state index contributed by atoms with van der Waals surface area (Å²) in [6.07, 6.45) is 0. The maximum absolute atomic E-state index is 6.29. The van der Waals surface area contributed by atoms with Gasteiger partial charge in [-0.1, -0.05) is 11.6 Å². The van der Waals surface area contributed by atoms with Gasteiger partial charge in [0.15, 0.2) is 0 Å². The second-order valence-electron chi connectivity index (χ2n) is 5.56. The lowest BCUT2D eigenvalue weighted by Crippen LogP contribution is -2.43. The molecule has 0 bridgehead atoms. The number of benzene rings is 1. The van der Waals surface area contributed by atoms with Crippen molar-refractivity contribution in [2.75, 3.05) is 63.6 Å². The maximum Gasteiger partial charge on any atom is 0.0447 e. The van der Waals surface area contributed by atoms with Crippen molar-refractivity contribution in [1.82, 2.24) is 10.2 Å². The van der Waals surface area contributed by atoms with Gasteiger partial charge in [0.1, 0.15) is 0 Å². The van der Waals surface area contributed by atoms with E-state index in [1.807, 2.05) is 6.07 Å². The highest BCUT2D eigenvalue weighted by Crippen LogP contribution is 2.31. The molecule has 0 amide bonds. The summed E-state index contributed by atoms with van der Waals surface area (Å²) in [5.41, 5.74) is 3.69. The molecule has 0 saturated carbocycles. The SMILES string of the molecule is Cc1c(NCCN(C)C)cc(Cl)cc1N1CCNCC1. The Balaban J connectivity index is 2.13. The smallest absolute Gasteiger partial charge is 0.0447 e. The van der Waals surface area contributed by atoms with Gasteiger partial charge >= 0.3 is 0 Å². The molecule has 1 aromatic carbocycles. The summed E-state index contributed by atoms with van der Waals surface area (Å²) in [5.74, 6) is 0. The van der Waals surface area contributed by atoms with E-state index in [1.165, 1.54) is 11.3 Å². The molecule has 112 valence electrons. The van der Waals surface area contributed by atoms with E-state index >= 15 is 0 Å². The standard InChI is InChI=1S/C15H25ClN4/c1-12-14(18-6-7-19(2)3)10-13(16)11-15(12)20-8-4-17-5-9-20/h10-11,17-18H,4-9H2,1-3H3. The largest absolute Gasteiger partial charge is 0.383 e. The summed E-state index contributed by atoms with van der Waals surface area (Å²) >= 11 is 6.29. The summed E-state index contributed by atoms with van der Waals surface area (Å²) in [7, 11) is 4.16. The van der Waals surface area contributed by atoms with E-state index in [0.717, 1.165) is 50.0 Å². The normalized spacial score (nSPS) is 15.8. The Morgan fingerprint density at radius 3 is 2.65 bits per heavy atom. The van der Waals surface area contributed by atoms with Crippen LogP contribution in [0.25, 0.3) is 0 Å². The van der Waals surface area contributed by atoms with E-state index in [1.54, 1.807) is 0 Å². The fraction of sp³-hybridized carbons (Fsp3) is 0.600. The van der Waals surface area contributed by atoms with Crippen LogP contribution in [0.3, 0.4) is 0 Å². The highest BCUT2D eigenvalue weighted by atomic mass is 35.5. The molecule has 0 aromatic heterocycles. The van der Waals surface area contributed by atoms with Crippen LogP contribution in [0.5, 0.6) is 0 Å². The third kappa shape index (κ3) is 4.01. The predicted octanol–water partition coefficient (Wildman–Crippen LogP) is 2.03. The zero-order valence-electron chi connectivity index (χ0n) is 12.7. The molecule has 0 unspecified atom stereocenters. The molecule has 1 aromatic rings. The quantitative estimate of drug-likeness (QED) is 0.870. The molecule has 0 spiro atoms.